The molecule has 3 aromatic rings. The van der Waals surface area contributed by atoms with Gasteiger partial charge in [0.25, 0.3) is 0 Å². The monoisotopic (exact) mass is 372 g/mol. The van der Waals surface area contributed by atoms with E-state index in [0.717, 1.165) is 24.2 Å². The number of H-pyrrole nitrogens is 1. The third kappa shape index (κ3) is 6.08. The number of aliphatic carboxylic acids is 2. The Morgan fingerprint density at radius 1 is 1.15 bits per heavy atom. The molecule has 0 aliphatic rings. The minimum absolute atomic E-state index is 0.363. The molecule has 2 heterocycles. The highest BCUT2D eigenvalue weighted by molar-refractivity contribution is 6.27. The number of likely N-dealkylation sites (N-methyl/N-ethyl adjacent to an activating group) is 1. The van der Waals surface area contributed by atoms with Crippen LogP contribution < -0.4 is 4.74 Å². The minimum atomic E-state index is -1.82. The first-order valence-corrected chi connectivity index (χ1v) is 8.02. The van der Waals surface area contributed by atoms with Gasteiger partial charge in [-0.25, -0.2) is 19.6 Å². The molecule has 0 unspecified atom stereocenters. The third-order valence-corrected chi connectivity index (χ3v) is 3.50. The van der Waals surface area contributed by atoms with Crippen molar-refractivity contribution in [3.8, 4) is 11.8 Å². The summed E-state index contributed by atoms with van der Waals surface area (Å²) in [5.74, 6) is -2.90. The Bertz CT molecular complexity index is 897. The molecule has 0 spiro atoms. The van der Waals surface area contributed by atoms with Crippen LogP contribution in [0.25, 0.3) is 10.9 Å². The molecule has 9 heteroatoms. The van der Waals surface area contributed by atoms with Crippen LogP contribution in [-0.4, -0.2) is 62.6 Å². The summed E-state index contributed by atoms with van der Waals surface area (Å²) in [6.45, 7) is 1.01. The molecule has 0 aliphatic heterocycles. The minimum Gasteiger partial charge on any atom is -0.473 e. The Balaban J connectivity index is 0.000000380. The predicted molar refractivity (Wildman–Crippen MR) is 97.9 cm³/mol. The van der Waals surface area contributed by atoms with Gasteiger partial charge in [-0.2, -0.15) is 0 Å². The third-order valence-electron chi connectivity index (χ3n) is 3.50. The van der Waals surface area contributed by atoms with Crippen LogP contribution in [0.15, 0.2) is 42.9 Å². The van der Waals surface area contributed by atoms with Gasteiger partial charge in [0.1, 0.15) is 5.75 Å². The Morgan fingerprint density at radius 3 is 2.41 bits per heavy atom. The molecular weight excluding hydrogens is 352 g/mol. The lowest BCUT2D eigenvalue weighted by Crippen LogP contribution is -2.14. The molecule has 0 aliphatic carbocycles. The van der Waals surface area contributed by atoms with Crippen molar-refractivity contribution in [1.29, 1.82) is 0 Å². The van der Waals surface area contributed by atoms with E-state index in [0.29, 0.717) is 6.01 Å². The largest absolute Gasteiger partial charge is 0.473 e. The summed E-state index contributed by atoms with van der Waals surface area (Å²) in [7, 11) is 4.16. The molecule has 2 aromatic heterocycles. The summed E-state index contributed by atoms with van der Waals surface area (Å²) in [6, 6.07) is 8.11. The average Bonchev–Trinajstić information content (AvgIpc) is 3.03. The number of benzene rings is 1. The maximum absolute atomic E-state index is 9.10. The van der Waals surface area contributed by atoms with Crippen LogP contribution in [0.5, 0.6) is 11.8 Å². The Morgan fingerprint density at radius 2 is 1.81 bits per heavy atom. The average molecular weight is 372 g/mol. The first kappa shape index (κ1) is 19.9. The van der Waals surface area contributed by atoms with Gasteiger partial charge in [-0.15, -0.1) is 0 Å². The number of carboxylic acids is 2. The second kappa shape index (κ2) is 9.30. The van der Waals surface area contributed by atoms with Crippen molar-refractivity contribution in [3.63, 3.8) is 0 Å². The fourth-order valence-electron chi connectivity index (χ4n) is 2.22. The van der Waals surface area contributed by atoms with Crippen LogP contribution in [0.1, 0.15) is 5.56 Å². The van der Waals surface area contributed by atoms with E-state index in [9.17, 15) is 0 Å². The van der Waals surface area contributed by atoms with Gasteiger partial charge in [-0.3, -0.25) is 0 Å². The van der Waals surface area contributed by atoms with Crippen LogP contribution in [-0.2, 0) is 16.0 Å². The normalized spacial score (nSPS) is 10.3. The van der Waals surface area contributed by atoms with Gasteiger partial charge in [-0.1, -0.05) is 0 Å². The first-order chi connectivity index (χ1) is 12.9. The van der Waals surface area contributed by atoms with Gasteiger partial charge in [0, 0.05) is 36.0 Å². The molecule has 142 valence electrons. The molecule has 3 N–H and O–H groups in total. The summed E-state index contributed by atoms with van der Waals surface area (Å²) in [5, 5.41) is 16.0. The molecular formula is C18H20N4O5. The molecule has 9 nitrogen and oxygen atoms in total. The lowest BCUT2D eigenvalue weighted by atomic mass is 10.1. The Kier molecular flexibility index (Phi) is 6.84. The van der Waals surface area contributed by atoms with E-state index >= 15 is 0 Å². The quantitative estimate of drug-likeness (QED) is 0.580. The number of carbonyl (C=O) groups is 2. The number of hydrogen-bond donors (Lipinski definition) is 3. The van der Waals surface area contributed by atoms with Gasteiger partial charge >= 0.3 is 17.9 Å². The number of nitrogens with zero attached hydrogens (tertiary/aromatic N) is 3. The molecule has 27 heavy (non-hydrogen) atoms. The second-order valence-electron chi connectivity index (χ2n) is 5.82. The Labute approximate surface area is 155 Å². The number of ether oxygens (including phenoxy) is 1. The lowest BCUT2D eigenvalue weighted by Gasteiger charge is -2.08. The molecule has 0 fully saturated rings. The van der Waals surface area contributed by atoms with Crippen molar-refractivity contribution in [1.82, 2.24) is 19.9 Å². The fraction of sp³-hybridized carbons (Fsp3) is 0.222. The summed E-state index contributed by atoms with van der Waals surface area (Å²) >= 11 is 0. The molecule has 0 atom stereocenters. The lowest BCUT2D eigenvalue weighted by molar-refractivity contribution is -0.159. The molecule has 1 aromatic carbocycles. The molecule has 0 saturated carbocycles. The summed E-state index contributed by atoms with van der Waals surface area (Å²) < 4.78 is 5.69. The number of aromatic amines is 1. The van der Waals surface area contributed by atoms with Crippen molar-refractivity contribution in [3.05, 3.63) is 48.4 Å². The van der Waals surface area contributed by atoms with E-state index in [2.05, 4.69) is 40.1 Å². The molecule has 0 amide bonds. The maximum atomic E-state index is 9.10. The van der Waals surface area contributed by atoms with E-state index < -0.39 is 11.9 Å². The van der Waals surface area contributed by atoms with Crippen molar-refractivity contribution < 1.29 is 24.5 Å². The standard InChI is InChI=1S/C16H18N4O.C2H2O4/c1-20(2)9-6-12-11-19-15-5-4-13(10-14(12)15)21-16-17-7-3-8-18-16;3-1(4)2(5)6/h3-5,7-8,10-11,19H,6,9H2,1-2H3;(H,3,4)(H,5,6). The summed E-state index contributed by atoms with van der Waals surface area (Å²) in [4.78, 5) is 31.8. The zero-order chi connectivity index (χ0) is 19.8. The molecule has 0 radical (unpaired) electrons. The number of nitrogens with one attached hydrogen (secondary N) is 1. The van der Waals surface area contributed by atoms with Gasteiger partial charge in [-0.05, 0) is 50.3 Å². The fourth-order valence-corrected chi connectivity index (χ4v) is 2.22. The highest BCUT2D eigenvalue weighted by atomic mass is 16.5. The van der Waals surface area contributed by atoms with Crippen molar-refractivity contribution >= 4 is 22.8 Å². The number of rotatable bonds is 5. The van der Waals surface area contributed by atoms with E-state index in [1.165, 1.54) is 10.9 Å². The van der Waals surface area contributed by atoms with Crippen LogP contribution in [0.4, 0.5) is 0 Å². The number of hydrogen-bond acceptors (Lipinski definition) is 6. The van der Waals surface area contributed by atoms with Gasteiger partial charge in [0.05, 0.1) is 0 Å². The number of fused-ring (bicyclic) bond motifs is 1. The van der Waals surface area contributed by atoms with Gasteiger partial charge in [0.2, 0.25) is 0 Å². The van der Waals surface area contributed by atoms with Crippen LogP contribution in [0.2, 0.25) is 0 Å². The second-order valence-corrected chi connectivity index (χ2v) is 5.82. The van der Waals surface area contributed by atoms with Crippen LogP contribution in [0.3, 0.4) is 0 Å². The van der Waals surface area contributed by atoms with Crippen molar-refractivity contribution in [2.24, 2.45) is 0 Å². The smallest absolute Gasteiger partial charge is 0.414 e. The highest BCUT2D eigenvalue weighted by Gasteiger charge is 2.07. The SMILES string of the molecule is CN(C)CCc1c[nH]c2ccc(Oc3ncccn3)cc12.O=C(O)C(=O)O. The van der Waals surface area contributed by atoms with Crippen molar-refractivity contribution in [2.75, 3.05) is 20.6 Å². The van der Waals surface area contributed by atoms with Crippen molar-refractivity contribution in [2.45, 2.75) is 6.42 Å². The molecule has 0 bridgehead atoms. The molecule has 3 rings (SSSR count). The number of aromatic nitrogens is 3. The van der Waals surface area contributed by atoms with E-state index in [-0.39, 0.29) is 0 Å². The predicted octanol–water partition coefficient (Wildman–Crippen LogP) is 2.01. The number of carboxylic acid groups (broad SMARTS) is 2. The Hall–Kier alpha value is -3.46. The topological polar surface area (TPSA) is 129 Å². The van der Waals surface area contributed by atoms with Gasteiger partial charge in [0.15, 0.2) is 0 Å². The van der Waals surface area contributed by atoms with E-state index in [1.54, 1.807) is 18.5 Å². The highest BCUT2D eigenvalue weighted by Crippen LogP contribution is 2.26. The first-order valence-electron chi connectivity index (χ1n) is 8.02. The summed E-state index contributed by atoms with van der Waals surface area (Å²) in [6.07, 6.45) is 6.40. The van der Waals surface area contributed by atoms with E-state index in [1.807, 2.05) is 18.2 Å². The van der Waals surface area contributed by atoms with Crippen LogP contribution in [0, 0.1) is 0 Å². The maximum Gasteiger partial charge on any atom is 0.414 e. The van der Waals surface area contributed by atoms with Crippen LogP contribution >= 0.6 is 0 Å². The van der Waals surface area contributed by atoms with E-state index in [4.69, 9.17) is 24.5 Å². The van der Waals surface area contributed by atoms with Gasteiger partial charge < -0.3 is 24.8 Å². The summed E-state index contributed by atoms with van der Waals surface area (Å²) in [5.41, 5.74) is 2.41. The molecule has 0 saturated heterocycles. The zero-order valence-electron chi connectivity index (χ0n) is 14.9. The zero-order valence-corrected chi connectivity index (χ0v) is 14.9.